The minimum Gasteiger partial charge on any atom is -0.481 e. The van der Waals surface area contributed by atoms with Gasteiger partial charge < -0.3 is 9.84 Å². The maximum Gasteiger partial charge on any atom is 0.311 e. The molecule has 0 amide bonds. The van der Waals surface area contributed by atoms with Crippen LogP contribution in [0, 0.1) is 12.8 Å². The van der Waals surface area contributed by atoms with Gasteiger partial charge >= 0.3 is 5.97 Å². The second-order valence-electron chi connectivity index (χ2n) is 5.39. The first-order chi connectivity index (χ1) is 9.00. The highest BCUT2D eigenvalue weighted by Gasteiger charge is 2.19. The van der Waals surface area contributed by atoms with E-state index in [-0.39, 0.29) is 0 Å². The number of hydrogen-bond donors (Lipinski definition) is 1. The molecule has 0 saturated heterocycles. The molecule has 3 nitrogen and oxygen atoms in total. The van der Waals surface area contributed by atoms with E-state index in [0.717, 1.165) is 17.5 Å². The topological polar surface area (TPSA) is 46.5 Å². The molecule has 1 aromatic rings. The van der Waals surface area contributed by atoms with Gasteiger partial charge in [-0.25, -0.2) is 0 Å². The molecular weight excluding hydrogens is 240 g/mol. The van der Waals surface area contributed by atoms with Gasteiger partial charge in [0.1, 0.15) is 0 Å². The molecule has 19 heavy (non-hydrogen) atoms. The average molecular weight is 264 g/mol. The van der Waals surface area contributed by atoms with Crippen LogP contribution in [0.5, 0.6) is 0 Å². The summed E-state index contributed by atoms with van der Waals surface area (Å²) < 4.78 is 5.51. The van der Waals surface area contributed by atoms with Crippen LogP contribution in [0.25, 0.3) is 0 Å². The average Bonchev–Trinajstić information content (AvgIpc) is 2.32. The summed E-state index contributed by atoms with van der Waals surface area (Å²) >= 11 is 0. The molecule has 1 aromatic carbocycles. The minimum absolute atomic E-state index is 0.473. The smallest absolute Gasteiger partial charge is 0.311 e. The summed E-state index contributed by atoms with van der Waals surface area (Å²) in [5.74, 6) is -0.635. The van der Waals surface area contributed by atoms with E-state index in [2.05, 4.69) is 13.8 Å². The number of aryl methyl sites for hydroxylation is 1. The zero-order valence-corrected chi connectivity index (χ0v) is 12.1. The first-order valence-electron chi connectivity index (χ1n) is 6.87. The molecular formula is C16H24O3. The van der Waals surface area contributed by atoms with Gasteiger partial charge in [0.2, 0.25) is 0 Å². The molecule has 0 aliphatic heterocycles. The van der Waals surface area contributed by atoms with Crippen molar-refractivity contribution in [1.29, 1.82) is 0 Å². The summed E-state index contributed by atoms with van der Waals surface area (Å²) in [6, 6.07) is 7.69. The van der Waals surface area contributed by atoms with Gasteiger partial charge in [0.05, 0.1) is 5.92 Å². The van der Waals surface area contributed by atoms with Crippen LogP contribution >= 0.6 is 0 Å². The third-order valence-corrected chi connectivity index (χ3v) is 3.13. The molecule has 0 heterocycles. The maximum absolute atomic E-state index is 11.3. The Kier molecular flexibility index (Phi) is 6.57. The van der Waals surface area contributed by atoms with Crippen molar-refractivity contribution in [3.8, 4) is 0 Å². The lowest BCUT2D eigenvalue weighted by Crippen LogP contribution is -2.14. The number of carboxylic acid groups (broad SMARTS) is 1. The van der Waals surface area contributed by atoms with Gasteiger partial charge in [0.25, 0.3) is 0 Å². The van der Waals surface area contributed by atoms with Crippen LogP contribution in [-0.4, -0.2) is 24.3 Å². The Morgan fingerprint density at radius 2 is 1.95 bits per heavy atom. The number of aliphatic carboxylic acids is 1. The van der Waals surface area contributed by atoms with E-state index in [4.69, 9.17) is 4.74 Å². The fourth-order valence-electron chi connectivity index (χ4n) is 1.94. The molecule has 0 aromatic heterocycles. The molecule has 1 atom stereocenters. The highest BCUT2D eigenvalue weighted by atomic mass is 16.5. The Hall–Kier alpha value is -1.35. The second kappa shape index (κ2) is 7.95. The summed E-state index contributed by atoms with van der Waals surface area (Å²) in [5, 5.41) is 9.31. The first-order valence-corrected chi connectivity index (χ1v) is 6.87. The lowest BCUT2D eigenvalue weighted by molar-refractivity contribution is -0.139. The largest absolute Gasteiger partial charge is 0.481 e. The predicted molar refractivity (Wildman–Crippen MR) is 76.4 cm³/mol. The number of carboxylic acids is 1. The monoisotopic (exact) mass is 264 g/mol. The molecule has 0 spiro atoms. The molecule has 0 radical (unpaired) electrons. The first kappa shape index (κ1) is 15.7. The van der Waals surface area contributed by atoms with E-state index < -0.39 is 11.9 Å². The SMILES string of the molecule is Cc1cccc(C(CCOCCC(C)C)C(=O)O)c1. The molecule has 0 saturated carbocycles. The van der Waals surface area contributed by atoms with E-state index in [1.165, 1.54) is 0 Å². The molecule has 3 heteroatoms. The van der Waals surface area contributed by atoms with E-state index in [1.54, 1.807) is 0 Å². The van der Waals surface area contributed by atoms with Gasteiger partial charge in [0, 0.05) is 13.2 Å². The summed E-state index contributed by atoms with van der Waals surface area (Å²) in [5.41, 5.74) is 1.95. The zero-order valence-electron chi connectivity index (χ0n) is 12.1. The van der Waals surface area contributed by atoms with Crippen LogP contribution in [0.2, 0.25) is 0 Å². The Labute approximate surface area is 115 Å². The molecule has 1 N–H and O–H groups in total. The van der Waals surface area contributed by atoms with Crippen molar-refractivity contribution in [2.24, 2.45) is 5.92 Å². The summed E-state index contributed by atoms with van der Waals surface area (Å²) in [4.78, 5) is 11.3. The number of hydrogen-bond acceptors (Lipinski definition) is 2. The number of rotatable bonds is 8. The Balaban J connectivity index is 2.48. The molecule has 0 aliphatic rings. The van der Waals surface area contributed by atoms with Gasteiger partial charge in [-0.2, -0.15) is 0 Å². The third kappa shape index (κ3) is 5.88. The van der Waals surface area contributed by atoms with Crippen molar-refractivity contribution in [3.05, 3.63) is 35.4 Å². The fraction of sp³-hybridized carbons (Fsp3) is 0.562. The van der Waals surface area contributed by atoms with Crippen molar-refractivity contribution in [1.82, 2.24) is 0 Å². The lowest BCUT2D eigenvalue weighted by Gasteiger charge is -2.14. The van der Waals surface area contributed by atoms with E-state index >= 15 is 0 Å². The van der Waals surface area contributed by atoms with Crippen LogP contribution in [0.1, 0.15) is 43.7 Å². The Bertz CT molecular complexity index is 399. The third-order valence-electron chi connectivity index (χ3n) is 3.13. The molecule has 1 unspecified atom stereocenters. The Morgan fingerprint density at radius 1 is 1.26 bits per heavy atom. The second-order valence-corrected chi connectivity index (χ2v) is 5.39. The zero-order chi connectivity index (χ0) is 14.3. The number of carbonyl (C=O) groups is 1. The molecule has 0 fully saturated rings. The molecule has 0 aliphatic carbocycles. The van der Waals surface area contributed by atoms with E-state index in [0.29, 0.717) is 25.6 Å². The van der Waals surface area contributed by atoms with Crippen LogP contribution in [0.4, 0.5) is 0 Å². The summed E-state index contributed by atoms with van der Waals surface area (Å²) in [6.45, 7) is 7.48. The van der Waals surface area contributed by atoms with Crippen LogP contribution < -0.4 is 0 Å². The lowest BCUT2D eigenvalue weighted by atomic mass is 9.95. The van der Waals surface area contributed by atoms with Crippen molar-refractivity contribution < 1.29 is 14.6 Å². The molecule has 1 rings (SSSR count). The fourth-order valence-corrected chi connectivity index (χ4v) is 1.94. The highest BCUT2D eigenvalue weighted by molar-refractivity contribution is 5.76. The molecule has 106 valence electrons. The highest BCUT2D eigenvalue weighted by Crippen LogP contribution is 2.21. The van der Waals surface area contributed by atoms with Crippen molar-refractivity contribution in [3.63, 3.8) is 0 Å². The molecule has 0 bridgehead atoms. The quantitative estimate of drug-likeness (QED) is 0.729. The van der Waals surface area contributed by atoms with Gasteiger partial charge in [-0.1, -0.05) is 43.7 Å². The standard InChI is InChI=1S/C16H24O3/c1-12(2)7-9-19-10-8-15(16(17)18)14-6-4-5-13(3)11-14/h4-6,11-12,15H,7-10H2,1-3H3,(H,17,18). The van der Waals surface area contributed by atoms with E-state index in [1.807, 2.05) is 31.2 Å². The number of ether oxygens (including phenoxy) is 1. The van der Waals surface area contributed by atoms with Crippen molar-refractivity contribution in [2.45, 2.75) is 39.5 Å². The van der Waals surface area contributed by atoms with Crippen LogP contribution in [0.15, 0.2) is 24.3 Å². The predicted octanol–water partition coefficient (Wildman–Crippen LogP) is 3.62. The number of benzene rings is 1. The van der Waals surface area contributed by atoms with Gasteiger partial charge in [-0.15, -0.1) is 0 Å². The summed E-state index contributed by atoms with van der Waals surface area (Å²) in [7, 11) is 0. The van der Waals surface area contributed by atoms with Crippen molar-refractivity contribution >= 4 is 5.97 Å². The van der Waals surface area contributed by atoms with Crippen molar-refractivity contribution in [2.75, 3.05) is 13.2 Å². The Morgan fingerprint density at radius 3 is 2.53 bits per heavy atom. The summed E-state index contributed by atoms with van der Waals surface area (Å²) in [6.07, 6.45) is 1.54. The van der Waals surface area contributed by atoms with Crippen LogP contribution in [-0.2, 0) is 9.53 Å². The van der Waals surface area contributed by atoms with Gasteiger partial charge in [0.15, 0.2) is 0 Å². The van der Waals surface area contributed by atoms with E-state index in [9.17, 15) is 9.90 Å². The minimum atomic E-state index is -0.780. The normalized spacial score (nSPS) is 12.6. The van der Waals surface area contributed by atoms with Crippen LogP contribution in [0.3, 0.4) is 0 Å². The maximum atomic E-state index is 11.3. The van der Waals surface area contributed by atoms with Gasteiger partial charge in [-0.3, -0.25) is 4.79 Å². The van der Waals surface area contributed by atoms with Gasteiger partial charge in [-0.05, 0) is 31.2 Å².